The van der Waals surface area contributed by atoms with Crippen LogP contribution in [0.15, 0.2) is 53.3 Å². The Morgan fingerprint density at radius 2 is 2.09 bits per heavy atom. The van der Waals surface area contributed by atoms with Gasteiger partial charge in [0, 0.05) is 22.8 Å². The summed E-state index contributed by atoms with van der Waals surface area (Å²) in [5.41, 5.74) is 2.43. The smallest absolute Gasteiger partial charge is 0.193 e. The van der Waals surface area contributed by atoms with Gasteiger partial charge in [0.25, 0.3) is 0 Å². The molecular weight excluding hydrogens is 326 g/mol. The predicted molar refractivity (Wildman–Crippen MR) is 94.8 cm³/mol. The SMILES string of the molecule is CCOC(c1ccccc1)n1cnnc1SCc1sccc1C. The van der Waals surface area contributed by atoms with Gasteiger partial charge in [0.05, 0.1) is 0 Å². The Bertz CT molecular complexity index is 739. The zero-order chi connectivity index (χ0) is 16.1. The maximum Gasteiger partial charge on any atom is 0.193 e. The number of aryl methyl sites for hydroxylation is 1. The van der Waals surface area contributed by atoms with E-state index < -0.39 is 0 Å². The molecule has 0 aliphatic rings. The maximum atomic E-state index is 5.95. The van der Waals surface area contributed by atoms with E-state index in [-0.39, 0.29) is 6.23 Å². The lowest BCUT2D eigenvalue weighted by Crippen LogP contribution is -2.14. The quantitative estimate of drug-likeness (QED) is 0.590. The van der Waals surface area contributed by atoms with Gasteiger partial charge in [-0.25, -0.2) is 0 Å². The number of rotatable bonds is 7. The Hall–Kier alpha value is -1.63. The summed E-state index contributed by atoms with van der Waals surface area (Å²) in [4.78, 5) is 1.37. The zero-order valence-electron chi connectivity index (χ0n) is 13.2. The third-order valence-electron chi connectivity index (χ3n) is 3.50. The largest absolute Gasteiger partial charge is 0.354 e. The summed E-state index contributed by atoms with van der Waals surface area (Å²) in [7, 11) is 0. The van der Waals surface area contributed by atoms with E-state index in [1.807, 2.05) is 29.7 Å². The Morgan fingerprint density at radius 3 is 2.78 bits per heavy atom. The lowest BCUT2D eigenvalue weighted by atomic mass is 10.2. The van der Waals surface area contributed by atoms with Gasteiger partial charge in [0.2, 0.25) is 0 Å². The van der Waals surface area contributed by atoms with Gasteiger partial charge in [-0.15, -0.1) is 21.5 Å². The minimum Gasteiger partial charge on any atom is -0.354 e. The van der Waals surface area contributed by atoms with E-state index in [0.29, 0.717) is 6.61 Å². The number of hydrogen-bond donors (Lipinski definition) is 0. The predicted octanol–water partition coefficient (Wildman–Crippen LogP) is 4.52. The van der Waals surface area contributed by atoms with Crippen LogP contribution in [0.25, 0.3) is 0 Å². The molecule has 3 aromatic rings. The second-order valence-electron chi connectivity index (χ2n) is 5.05. The molecule has 6 heteroatoms. The van der Waals surface area contributed by atoms with Gasteiger partial charge in [0.1, 0.15) is 6.33 Å². The molecule has 0 bridgehead atoms. The molecule has 1 unspecified atom stereocenters. The van der Waals surface area contributed by atoms with E-state index in [1.165, 1.54) is 10.4 Å². The molecule has 0 N–H and O–H groups in total. The van der Waals surface area contributed by atoms with Gasteiger partial charge in [-0.2, -0.15) is 0 Å². The highest BCUT2D eigenvalue weighted by Gasteiger charge is 2.18. The molecule has 3 rings (SSSR count). The normalized spacial score (nSPS) is 12.4. The van der Waals surface area contributed by atoms with Crippen molar-refractivity contribution < 1.29 is 4.74 Å². The second kappa shape index (κ2) is 7.77. The first kappa shape index (κ1) is 16.2. The molecule has 0 aliphatic heterocycles. The summed E-state index contributed by atoms with van der Waals surface area (Å²) in [6.07, 6.45) is 1.56. The Morgan fingerprint density at radius 1 is 1.26 bits per heavy atom. The number of ether oxygens (including phenoxy) is 1. The van der Waals surface area contributed by atoms with Crippen LogP contribution in [-0.4, -0.2) is 21.4 Å². The molecule has 0 saturated heterocycles. The molecule has 23 heavy (non-hydrogen) atoms. The third kappa shape index (κ3) is 3.83. The molecule has 0 fully saturated rings. The van der Waals surface area contributed by atoms with Crippen LogP contribution in [0.2, 0.25) is 0 Å². The van der Waals surface area contributed by atoms with E-state index in [4.69, 9.17) is 4.74 Å². The fraction of sp³-hybridized carbons (Fsp3) is 0.294. The van der Waals surface area contributed by atoms with Crippen molar-refractivity contribution in [2.75, 3.05) is 6.61 Å². The summed E-state index contributed by atoms with van der Waals surface area (Å²) < 4.78 is 7.95. The van der Waals surface area contributed by atoms with Crippen molar-refractivity contribution in [3.63, 3.8) is 0 Å². The number of hydrogen-bond acceptors (Lipinski definition) is 5. The fourth-order valence-electron chi connectivity index (χ4n) is 2.29. The van der Waals surface area contributed by atoms with Crippen molar-refractivity contribution in [2.45, 2.75) is 31.0 Å². The fourth-order valence-corrected chi connectivity index (χ4v) is 4.31. The van der Waals surface area contributed by atoms with Gasteiger partial charge >= 0.3 is 0 Å². The highest BCUT2D eigenvalue weighted by atomic mass is 32.2. The molecule has 0 saturated carbocycles. The molecule has 2 heterocycles. The Kier molecular flexibility index (Phi) is 5.48. The van der Waals surface area contributed by atoms with Gasteiger partial charge < -0.3 is 4.74 Å². The summed E-state index contributed by atoms with van der Waals surface area (Å²) in [5.74, 6) is 0.899. The molecule has 1 aromatic carbocycles. The molecule has 120 valence electrons. The van der Waals surface area contributed by atoms with Crippen molar-refractivity contribution in [3.05, 3.63) is 64.1 Å². The van der Waals surface area contributed by atoms with Crippen LogP contribution >= 0.6 is 23.1 Å². The first-order chi connectivity index (χ1) is 11.3. The number of thiophene rings is 1. The number of benzene rings is 1. The Labute approximate surface area is 144 Å². The molecule has 0 amide bonds. The van der Waals surface area contributed by atoms with Gasteiger partial charge in [-0.05, 0) is 30.9 Å². The molecule has 1 atom stereocenters. The molecule has 0 aliphatic carbocycles. The standard InChI is InChI=1S/C17H19N3OS2/c1-3-21-16(14-7-5-4-6-8-14)20-12-18-19-17(20)23-11-15-13(2)9-10-22-15/h4-10,12,16H,3,11H2,1-2H3. The lowest BCUT2D eigenvalue weighted by molar-refractivity contribution is 0.0349. The third-order valence-corrected chi connectivity index (χ3v) is 5.69. The highest BCUT2D eigenvalue weighted by molar-refractivity contribution is 7.98. The summed E-state index contributed by atoms with van der Waals surface area (Å²) in [6.45, 7) is 4.78. The summed E-state index contributed by atoms with van der Waals surface area (Å²) >= 11 is 3.48. The summed E-state index contributed by atoms with van der Waals surface area (Å²) in [5, 5.41) is 11.4. The van der Waals surface area contributed by atoms with Crippen molar-refractivity contribution >= 4 is 23.1 Å². The lowest BCUT2D eigenvalue weighted by Gasteiger charge is -2.20. The molecule has 4 nitrogen and oxygen atoms in total. The van der Waals surface area contributed by atoms with Crippen LogP contribution in [0.3, 0.4) is 0 Å². The molecule has 0 radical (unpaired) electrons. The molecule has 0 spiro atoms. The van der Waals surface area contributed by atoms with Crippen molar-refractivity contribution in [2.24, 2.45) is 0 Å². The minimum absolute atomic E-state index is 0.192. The summed E-state index contributed by atoms with van der Waals surface area (Å²) in [6, 6.07) is 12.3. The van der Waals surface area contributed by atoms with E-state index in [2.05, 4.69) is 40.7 Å². The van der Waals surface area contributed by atoms with Gasteiger partial charge in [0.15, 0.2) is 11.4 Å². The van der Waals surface area contributed by atoms with Gasteiger partial charge in [-0.3, -0.25) is 4.57 Å². The second-order valence-corrected chi connectivity index (χ2v) is 7.00. The van der Waals surface area contributed by atoms with Crippen LogP contribution in [0.5, 0.6) is 0 Å². The molecule has 2 aromatic heterocycles. The monoisotopic (exact) mass is 345 g/mol. The van der Waals surface area contributed by atoms with Crippen LogP contribution in [0.1, 0.15) is 29.2 Å². The number of thioether (sulfide) groups is 1. The maximum absolute atomic E-state index is 5.95. The Balaban J connectivity index is 1.81. The van der Waals surface area contributed by atoms with Crippen molar-refractivity contribution in [3.8, 4) is 0 Å². The number of nitrogens with zero attached hydrogens (tertiary/aromatic N) is 3. The average Bonchev–Trinajstić information content (AvgIpc) is 3.20. The van der Waals surface area contributed by atoms with Crippen LogP contribution in [0, 0.1) is 6.92 Å². The van der Waals surface area contributed by atoms with Crippen molar-refractivity contribution in [1.29, 1.82) is 0 Å². The van der Waals surface area contributed by atoms with E-state index in [1.54, 1.807) is 29.4 Å². The van der Waals surface area contributed by atoms with E-state index in [9.17, 15) is 0 Å². The van der Waals surface area contributed by atoms with Crippen LogP contribution < -0.4 is 0 Å². The van der Waals surface area contributed by atoms with Crippen LogP contribution in [-0.2, 0) is 10.5 Å². The zero-order valence-corrected chi connectivity index (χ0v) is 14.8. The minimum atomic E-state index is -0.192. The number of aromatic nitrogens is 3. The van der Waals surface area contributed by atoms with E-state index >= 15 is 0 Å². The topological polar surface area (TPSA) is 39.9 Å². The highest BCUT2D eigenvalue weighted by Crippen LogP contribution is 2.29. The first-order valence-electron chi connectivity index (χ1n) is 7.51. The van der Waals surface area contributed by atoms with Gasteiger partial charge in [-0.1, -0.05) is 42.1 Å². The first-order valence-corrected chi connectivity index (χ1v) is 9.38. The van der Waals surface area contributed by atoms with Crippen LogP contribution in [0.4, 0.5) is 0 Å². The molecular formula is C17H19N3OS2. The average molecular weight is 345 g/mol. The van der Waals surface area contributed by atoms with Crippen molar-refractivity contribution in [1.82, 2.24) is 14.8 Å². The van der Waals surface area contributed by atoms with E-state index in [0.717, 1.165) is 16.5 Å².